The Balaban J connectivity index is 1.53. The first-order valence-corrected chi connectivity index (χ1v) is 10.4. The predicted octanol–water partition coefficient (Wildman–Crippen LogP) is 4.45. The molecule has 0 atom stereocenters. The van der Waals surface area contributed by atoms with Gasteiger partial charge in [-0.3, -0.25) is 14.9 Å². The molecule has 0 unspecified atom stereocenters. The third kappa shape index (κ3) is 5.40. The Bertz CT molecular complexity index is 1020. The molecular weight excluding hydrogens is 392 g/mol. The maximum atomic E-state index is 12.3. The van der Waals surface area contributed by atoms with Crippen molar-refractivity contribution in [1.82, 2.24) is 10.2 Å². The number of aryl methyl sites for hydroxylation is 3. The molecule has 0 fully saturated rings. The zero-order valence-corrected chi connectivity index (χ0v) is 17.4. The van der Waals surface area contributed by atoms with Crippen LogP contribution in [0, 0.1) is 20.8 Å². The maximum absolute atomic E-state index is 12.3. The second-order valence-electron chi connectivity index (χ2n) is 6.33. The summed E-state index contributed by atoms with van der Waals surface area (Å²) in [6.07, 6.45) is 0. The van der Waals surface area contributed by atoms with Crippen molar-refractivity contribution in [2.24, 2.45) is 0 Å². The van der Waals surface area contributed by atoms with Gasteiger partial charge in [0.15, 0.2) is 4.34 Å². The fourth-order valence-corrected chi connectivity index (χ4v) is 3.96. The topological polar surface area (TPSA) is 84.0 Å². The highest BCUT2D eigenvalue weighted by atomic mass is 32.2. The summed E-state index contributed by atoms with van der Waals surface area (Å²) < 4.78 is 0.620. The number of nitrogens with zero attached hydrogens (tertiary/aromatic N) is 2. The molecule has 0 saturated carbocycles. The zero-order valence-electron chi connectivity index (χ0n) is 15.8. The minimum atomic E-state index is -0.229. The number of nitrogens with one attached hydrogen (secondary N) is 2. The molecule has 0 aliphatic rings. The molecule has 3 aromatic rings. The number of hydrogen-bond acceptors (Lipinski definition) is 6. The summed E-state index contributed by atoms with van der Waals surface area (Å²) in [6, 6.07) is 13.2. The summed E-state index contributed by atoms with van der Waals surface area (Å²) >= 11 is 2.52. The molecule has 6 nitrogen and oxygen atoms in total. The standard InChI is InChI=1S/C20H20N4O2S2/c1-12-5-4-6-16(9-12)21-17(25)11-27-20-24-23-19(28-20)22-18(26)15-8-7-13(2)14(3)10-15/h4-10H,11H2,1-3H3,(H,21,25)(H,22,23,26). The molecule has 0 bridgehead atoms. The Labute approximate surface area is 171 Å². The van der Waals surface area contributed by atoms with Crippen molar-refractivity contribution in [3.63, 3.8) is 0 Å². The Morgan fingerprint density at radius 3 is 2.57 bits per heavy atom. The lowest BCUT2D eigenvalue weighted by molar-refractivity contribution is -0.113. The monoisotopic (exact) mass is 412 g/mol. The summed E-state index contributed by atoms with van der Waals surface area (Å²) in [5, 5.41) is 14.0. The van der Waals surface area contributed by atoms with Crippen LogP contribution < -0.4 is 10.6 Å². The normalized spacial score (nSPS) is 10.5. The van der Waals surface area contributed by atoms with Crippen molar-refractivity contribution in [2.45, 2.75) is 25.1 Å². The van der Waals surface area contributed by atoms with Crippen LogP contribution >= 0.6 is 23.1 Å². The van der Waals surface area contributed by atoms with Gasteiger partial charge in [-0.25, -0.2) is 0 Å². The van der Waals surface area contributed by atoms with Gasteiger partial charge in [0.2, 0.25) is 11.0 Å². The van der Waals surface area contributed by atoms with E-state index in [4.69, 9.17) is 0 Å². The van der Waals surface area contributed by atoms with Gasteiger partial charge in [-0.2, -0.15) is 0 Å². The summed E-state index contributed by atoms with van der Waals surface area (Å²) in [7, 11) is 0. The van der Waals surface area contributed by atoms with Crippen LogP contribution in [0.3, 0.4) is 0 Å². The van der Waals surface area contributed by atoms with Gasteiger partial charge in [0, 0.05) is 11.3 Å². The van der Waals surface area contributed by atoms with Crippen molar-refractivity contribution in [2.75, 3.05) is 16.4 Å². The van der Waals surface area contributed by atoms with Gasteiger partial charge >= 0.3 is 0 Å². The fourth-order valence-electron chi connectivity index (χ4n) is 2.42. The lowest BCUT2D eigenvalue weighted by atomic mass is 10.1. The largest absolute Gasteiger partial charge is 0.325 e. The van der Waals surface area contributed by atoms with E-state index in [9.17, 15) is 9.59 Å². The predicted molar refractivity (Wildman–Crippen MR) is 114 cm³/mol. The third-order valence-corrected chi connectivity index (χ3v) is 6.00. The van der Waals surface area contributed by atoms with Crippen LogP contribution in [0.2, 0.25) is 0 Å². The molecule has 2 N–H and O–H groups in total. The molecule has 28 heavy (non-hydrogen) atoms. The number of amides is 2. The smallest absolute Gasteiger partial charge is 0.257 e. The average Bonchev–Trinajstić information content (AvgIpc) is 3.09. The quantitative estimate of drug-likeness (QED) is 0.462. The van der Waals surface area contributed by atoms with E-state index in [1.807, 2.05) is 57.2 Å². The first-order valence-electron chi connectivity index (χ1n) is 8.62. The van der Waals surface area contributed by atoms with Gasteiger partial charge in [-0.15, -0.1) is 10.2 Å². The second kappa shape index (κ2) is 8.99. The van der Waals surface area contributed by atoms with Crippen LogP contribution in [0.1, 0.15) is 27.0 Å². The van der Waals surface area contributed by atoms with Crippen molar-refractivity contribution in [3.05, 3.63) is 64.7 Å². The Hall–Kier alpha value is -2.71. The third-order valence-electron chi connectivity index (χ3n) is 4.02. The molecule has 3 rings (SSSR count). The van der Waals surface area contributed by atoms with Crippen molar-refractivity contribution < 1.29 is 9.59 Å². The summed E-state index contributed by atoms with van der Waals surface area (Å²) in [5.74, 6) is -0.132. The van der Waals surface area contributed by atoms with Crippen LogP contribution in [-0.4, -0.2) is 27.8 Å². The lowest BCUT2D eigenvalue weighted by Crippen LogP contribution is -2.13. The van der Waals surface area contributed by atoms with E-state index >= 15 is 0 Å². The minimum Gasteiger partial charge on any atom is -0.325 e. The van der Waals surface area contributed by atoms with E-state index in [0.29, 0.717) is 15.0 Å². The van der Waals surface area contributed by atoms with Gasteiger partial charge in [0.1, 0.15) is 0 Å². The number of benzene rings is 2. The van der Waals surface area contributed by atoms with E-state index in [-0.39, 0.29) is 17.6 Å². The SMILES string of the molecule is Cc1cccc(NC(=O)CSc2nnc(NC(=O)c3ccc(C)c(C)c3)s2)c1. The highest BCUT2D eigenvalue weighted by molar-refractivity contribution is 8.01. The number of rotatable bonds is 6. The average molecular weight is 413 g/mol. The number of hydrogen-bond donors (Lipinski definition) is 2. The fraction of sp³-hybridized carbons (Fsp3) is 0.200. The van der Waals surface area contributed by atoms with Crippen LogP contribution in [0.25, 0.3) is 0 Å². The van der Waals surface area contributed by atoms with Crippen molar-refractivity contribution in [1.29, 1.82) is 0 Å². The van der Waals surface area contributed by atoms with Crippen LogP contribution in [0.4, 0.5) is 10.8 Å². The molecule has 0 spiro atoms. The molecule has 1 aromatic heterocycles. The minimum absolute atomic E-state index is 0.119. The van der Waals surface area contributed by atoms with Crippen molar-refractivity contribution in [3.8, 4) is 0 Å². The highest BCUT2D eigenvalue weighted by Crippen LogP contribution is 2.26. The number of aromatic nitrogens is 2. The molecule has 2 aromatic carbocycles. The van der Waals surface area contributed by atoms with Gasteiger partial charge in [0.25, 0.3) is 5.91 Å². The van der Waals surface area contributed by atoms with Crippen molar-refractivity contribution >= 4 is 45.7 Å². The zero-order chi connectivity index (χ0) is 20.1. The summed E-state index contributed by atoms with van der Waals surface area (Å²) in [5.41, 5.74) is 4.61. The van der Waals surface area contributed by atoms with E-state index in [1.54, 1.807) is 6.07 Å². The molecule has 0 radical (unpaired) electrons. The van der Waals surface area contributed by atoms with E-state index < -0.39 is 0 Å². The lowest BCUT2D eigenvalue weighted by Gasteiger charge is -2.05. The van der Waals surface area contributed by atoms with Crippen LogP contribution in [-0.2, 0) is 4.79 Å². The Kier molecular flexibility index (Phi) is 6.43. The Morgan fingerprint density at radius 2 is 1.82 bits per heavy atom. The van der Waals surface area contributed by atoms with E-state index in [2.05, 4.69) is 20.8 Å². The first-order chi connectivity index (χ1) is 13.4. The highest BCUT2D eigenvalue weighted by Gasteiger charge is 2.12. The number of anilines is 2. The molecule has 0 aliphatic heterocycles. The Morgan fingerprint density at radius 1 is 1.00 bits per heavy atom. The van der Waals surface area contributed by atoms with E-state index in [1.165, 1.54) is 23.1 Å². The van der Waals surface area contributed by atoms with Crippen LogP contribution in [0.5, 0.6) is 0 Å². The van der Waals surface area contributed by atoms with Gasteiger partial charge in [-0.1, -0.05) is 41.3 Å². The van der Waals surface area contributed by atoms with Gasteiger partial charge in [0.05, 0.1) is 5.75 Å². The van der Waals surface area contributed by atoms with E-state index in [0.717, 1.165) is 22.4 Å². The number of carbonyl (C=O) groups is 2. The molecular formula is C20H20N4O2S2. The van der Waals surface area contributed by atoms with Gasteiger partial charge < -0.3 is 5.32 Å². The van der Waals surface area contributed by atoms with Gasteiger partial charge in [-0.05, 0) is 61.7 Å². The number of thioether (sulfide) groups is 1. The number of carbonyl (C=O) groups excluding carboxylic acids is 2. The molecule has 0 aliphatic carbocycles. The molecule has 144 valence electrons. The first kappa shape index (κ1) is 20.0. The molecule has 8 heteroatoms. The maximum Gasteiger partial charge on any atom is 0.257 e. The molecule has 2 amide bonds. The summed E-state index contributed by atoms with van der Waals surface area (Å²) in [4.78, 5) is 24.4. The molecule has 0 saturated heterocycles. The van der Waals surface area contributed by atoms with Crippen LogP contribution in [0.15, 0.2) is 46.8 Å². The molecule has 1 heterocycles. The second-order valence-corrected chi connectivity index (χ2v) is 8.53. The summed E-state index contributed by atoms with van der Waals surface area (Å²) in [6.45, 7) is 5.94.